The summed E-state index contributed by atoms with van der Waals surface area (Å²) in [6.07, 6.45) is 0.348. The molecule has 0 saturated carbocycles. The Bertz CT molecular complexity index is 995. The lowest BCUT2D eigenvalue weighted by Gasteiger charge is -2.13. The van der Waals surface area contributed by atoms with Gasteiger partial charge in [-0.1, -0.05) is 30.3 Å². The molecule has 1 atom stereocenters. The fourth-order valence-corrected chi connectivity index (χ4v) is 3.14. The molecule has 0 aliphatic carbocycles. The molecule has 3 rings (SSSR count). The summed E-state index contributed by atoms with van der Waals surface area (Å²) in [5.41, 5.74) is 4.01. The molecule has 0 aliphatic heterocycles. The van der Waals surface area contributed by atoms with Crippen molar-refractivity contribution in [2.75, 3.05) is 6.54 Å². The third-order valence-electron chi connectivity index (χ3n) is 4.48. The van der Waals surface area contributed by atoms with Gasteiger partial charge in [-0.3, -0.25) is 9.59 Å². The van der Waals surface area contributed by atoms with Crippen LogP contribution in [-0.2, 0) is 11.2 Å². The minimum absolute atomic E-state index is 0.0324. The van der Waals surface area contributed by atoms with Gasteiger partial charge < -0.3 is 10.4 Å². The van der Waals surface area contributed by atoms with Gasteiger partial charge in [0.15, 0.2) is 5.65 Å². The number of aryl methyl sites for hydroxylation is 3. The summed E-state index contributed by atoms with van der Waals surface area (Å²) in [6.45, 7) is 5.54. The number of rotatable bonds is 6. The molecule has 2 heterocycles. The molecule has 0 aliphatic rings. The summed E-state index contributed by atoms with van der Waals surface area (Å²) < 4.78 is 1.63. The number of aromatic nitrogens is 3. The molecule has 0 saturated heterocycles. The first-order valence-corrected chi connectivity index (χ1v) is 8.75. The third-order valence-corrected chi connectivity index (χ3v) is 4.48. The molecule has 140 valence electrons. The Kier molecular flexibility index (Phi) is 5.21. The molecule has 7 nitrogen and oxygen atoms in total. The first-order valence-electron chi connectivity index (χ1n) is 8.75. The summed E-state index contributed by atoms with van der Waals surface area (Å²) in [7, 11) is 0. The molecule has 7 heteroatoms. The van der Waals surface area contributed by atoms with Crippen LogP contribution in [0.3, 0.4) is 0 Å². The van der Waals surface area contributed by atoms with Crippen molar-refractivity contribution in [3.8, 4) is 0 Å². The minimum atomic E-state index is -0.944. The first kappa shape index (κ1) is 18.6. The van der Waals surface area contributed by atoms with E-state index in [0.29, 0.717) is 23.3 Å². The quantitative estimate of drug-likeness (QED) is 0.698. The van der Waals surface area contributed by atoms with E-state index < -0.39 is 11.9 Å². The molecule has 2 N–H and O–H groups in total. The number of fused-ring (bicyclic) bond motifs is 1. The van der Waals surface area contributed by atoms with Crippen LogP contribution in [0.5, 0.6) is 0 Å². The molecular weight excluding hydrogens is 344 g/mol. The second kappa shape index (κ2) is 7.57. The number of nitrogens with zero attached hydrogens (tertiary/aromatic N) is 3. The lowest BCUT2D eigenvalue weighted by molar-refractivity contribution is -0.141. The molecule has 2 aromatic heterocycles. The zero-order chi connectivity index (χ0) is 19.6. The van der Waals surface area contributed by atoms with Crippen LogP contribution in [0.4, 0.5) is 0 Å². The molecule has 0 bridgehead atoms. The summed E-state index contributed by atoms with van der Waals surface area (Å²) in [6, 6.07) is 11.3. The van der Waals surface area contributed by atoms with Crippen LogP contribution in [0.2, 0.25) is 0 Å². The van der Waals surface area contributed by atoms with Crippen molar-refractivity contribution in [2.45, 2.75) is 27.2 Å². The first-order chi connectivity index (χ1) is 12.9. The van der Waals surface area contributed by atoms with Gasteiger partial charge in [0, 0.05) is 17.9 Å². The normalized spacial score (nSPS) is 12.1. The Morgan fingerprint density at radius 2 is 1.89 bits per heavy atom. The van der Waals surface area contributed by atoms with Gasteiger partial charge in [-0.15, -0.1) is 0 Å². The molecule has 0 spiro atoms. The zero-order valence-corrected chi connectivity index (χ0v) is 15.6. The van der Waals surface area contributed by atoms with E-state index in [-0.39, 0.29) is 12.5 Å². The third kappa shape index (κ3) is 3.97. The fourth-order valence-electron chi connectivity index (χ4n) is 3.14. The van der Waals surface area contributed by atoms with E-state index in [0.717, 1.165) is 17.0 Å². The number of amides is 1. The lowest BCUT2D eigenvalue weighted by Crippen LogP contribution is -2.34. The number of hydrogen-bond donors (Lipinski definition) is 2. The number of benzene rings is 1. The standard InChI is InChI=1S/C20H22N4O3/c1-12-9-13(2)24-18(22-12)17(14(3)23-24)19(25)21-11-16(20(26)27)10-15-7-5-4-6-8-15/h4-9,16H,10-11H2,1-3H3,(H,21,25)(H,26,27). The number of hydrogen-bond acceptors (Lipinski definition) is 4. The van der Waals surface area contributed by atoms with Gasteiger partial charge in [0.1, 0.15) is 5.56 Å². The van der Waals surface area contributed by atoms with Crippen LogP contribution in [0.15, 0.2) is 36.4 Å². The van der Waals surface area contributed by atoms with Gasteiger partial charge in [0.25, 0.3) is 5.91 Å². The number of carboxylic acid groups (broad SMARTS) is 1. The second-order valence-electron chi connectivity index (χ2n) is 6.67. The number of carbonyl (C=O) groups is 2. The Morgan fingerprint density at radius 1 is 1.19 bits per heavy atom. The van der Waals surface area contributed by atoms with Gasteiger partial charge in [-0.05, 0) is 38.8 Å². The van der Waals surface area contributed by atoms with Crippen molar-refractivity contribution in [1.29, 1.82) is 0 Å². The average molecular weight is 366 g/mol. The number of nitrogens with one attached hydrogen (secondary N) is 1. The second-order valence-corrected chi connectivity index (χ2v) is 6.67. The van der Waals surface area contributed by atoms with Crippen molar-refractivity contribution >= 4 is 17.5 Å². The molecular formula is C20H22N4O3. The summed E-state index contributed by atoms with van der Waals surface area (Å²) >= 11 is 0. The Hall–Kier alpha value is -3.22. The highest BCUT2D eigenvalue weighted by molar-refractivity contribution is 6.01. The van der Waals surface area contributed by atoms with Crippen molar-refractivity contribution in [1.82, 2.24) is 19.9 Å². The van der Waals surface area contributed by atoms with Gasteiger partial charge in [0.2, 0.25) is 0 Å². The monoisotopic (exact) mass is 366 g/mol. The minimum Gasteiger partial charge on any atom is -0.481 e. The summed E-state index contributed by atoms with van der Waals surface area (Å²) in [4.78, 5) is 28.8. The molecule has 27 heavy (non-hydrogen) atoms. The molecule has 1 aromatic carbocycles. The van der Waals surface area contributed by atoms with Crippen molar-refractivity contribution in [3.63, 3.8) is 0 Å². The van der Waals surface area contributed by atoms with Crippen molar-refractivity contribution in [2.24, 2.45) is 5.92 Å². The van der Waals surface area contributed by atoms with Gasteiger partial charge in [-0.2, -0.15) is 5.10 Å². The number of aliphatic carboxylic acids is 1. The maximum Gasteiger partial charge on any atom is 0.308 e. The molecule has 1 unspecified atom stereocenters. The molecule has 0 radical (unpaired) electrons. The van der Waals surface area contributed by atoms with E-state index in [1.54, 1.807) is 11.4 Å². The molecule has 0 fully saturated rings. The predicted octanol–water partition coefficient (Wildman–Crippen LogP) is 2.33. The van der Waals surface area contributed by atoms with E-state index in [1.165, 1.54) is 0 Å². The van der Waals surface area contributed by atoms with Gasteiger partial charge in [0.05, 0.1) is 11.6 Å². The van der Waals surface area contributed by atoms with Gasteiger partial charge >= 0.3 is 5.97 Å². The van der Waals surface area contributed by atoms with Gasteiger partial charge in [-0.25, -0.2) is 9.50 Å². The van der Waals surface area contributed by atoms with Crippen molar-refractivity contribution in [3.05, 3.63) is 64.6 Å². The highest BCUT2D eigenvalue weighted by Crippen LogP contribution is 2.16. The summed E-state index contributed by atoms with van der Waals surface area (Å²) in [5.74, 6) is -2.02. The van der Waals surface area contributed by atoms with Crippen LogP contribution in [0.25, 0.3) is 5.65 Å². The maximum absolute atomic E-state index is 12.7. The van der Waals surface area contributed by atoms with E-state index >= 15 is 0 Å². The highest BCUT2D eigenvalue weighted by Gasteiger charge is 2.23. The van der Waals surface area contributed by atoms with Crippen molar-refractivity contribution < 1.29 is 14.7 Å². The number of carboxylic acids is 1. The van der Waals surface area contributed by atoms with Crippen LogP contribution in [0.1, 0.15) is 33.0 Å². The van der Waals surface area contributed by atoms with Crippen LogP contribution in [0, 0.1) is 26.7 Å². The summed E-state index contributed by atoms with van der Waals surface area (Å²) in [5, 5.41) is 16.6. The maximum atomic E-state index is 12.7. The zero-order valence-electron chi connectivity index (χ0n) is 15.6. The predicted molar refractivity (Wildman–Crippen MR) is 101 cm³/mol. The Balaban J connectivity index is 1.79. The van der Waals surface area contributed by atoms with E-state index in [4.69, 9.17) is 0 Å². The molecule has 1 amide bonds. The smallest absolute Gasteiger partial charge is 0.308 e. The van der Waals surface area contributed by atoms with E-state index in [1.807, 2.05) is 50.2 Å². The van der Waals surface area contributed by atoms with Crippen LogP contribution < -0.4 is 5.32 Å². The Labute approximate surface area is 157 Å². The SMILES string of the molecule is Cc1cc(C)n2nc(C)c(C(=O)NCC(Cc3ccccc3)C(=O)O)c2n1. The Morgan fingerprint density at radius 3 is 2.56 bits per heavy atom. The lowest BCUT2D eigenvalue weighted by atomic mass is 9.99. The number of carbonyl (C=O) groups excluding carboxylic acids is 1. The van der Waals surface area contributed by atoms with E-state index in [2.05, 4.69) is 15.4 Å². The van der Waals surface area contributed by atoms with Crippen LogP contribution >= 0.6 is 0 Å². The molecule has 3 aromatic rings. The van der Waals surface area contributed by atoms with Crippen LogP contribution in [-0.4, -0.2) is 38.1 Å². The fraction of sp³-hybridized carbons (Fsp3) is 0.300. The topological polar surface area (TPSA) is 96.6 Å². The van der Waals surface area contributed by atoms with E-state index in [9.17, 15) is 14.7 Å². The largest absolute Gasteiger partial charge is 0.481 e. The average Bonchev–Trinajstić information content (AvgIpc) is 2.95. The highest BCUT2D eigenvalue weighted by atomic mass is 16.4.